The maximum Gasteiger partial charge on any atom is 0.262 e. The number of carbonyl (C=O) groups excluding carboxylic acids is 1. The molecular weight excluding hydrogens is 394 g/mol. The second-order valence-electron chi connectivity index (χ2n) is 7.78. The van der Waals surface area contributed by atoms with E-state index in [2.05, 4.69) is 23.5 Å². The van der Waals surface area contributed by atoms with Crippen molar-refractivity contribution in [2.24, 2.45) is 0 Å². The molecule has 2 atom stereocenters. The van der Waals surface area contributed by atoms with Crippen molar-refractivity contribution in [2.75, 3.05) is 0 Å². The molecular formula is C24H27N3O2S. The van der Waals surface area contributed by atoms with Crippen molar-refractivity contribution in [1.29, 1.82) is 0 Å². The van der Waals surface area contributed by atoms with E-state index in [1.54, 1.807) is 4.57 Å². The van der Waals surface area contributed by atoms with Gasteiger partial charge in [-0.25, -0.2) is 4.98 Å². The zero-order chi connectivity index (χ0) is 21.1. The van der Waals surface area contributed by atoms with Gasteiger partial charge in [-0.2, -0.15) is 0 Å². The first kappa shape index (κ1) is 20.7. The molecule has 0 saturated heterocycles. The Morgan fingerprint density at radius 2 is 2.00 bits per heavy atom. The van der Waals surface area contributed by atoms with Crippen LogP contribution >= 0.6 is 11.8 Å². The second kappa shape index (κ2) is 9.04. The summed E-state index contributed by atoms with van der Waals surface area (Å²) in [5.74, 6) is -0.0211. The molecule has 1 amide bonds. The minimum Gasteiger partial charge on any atom is -0.348 e. The number of rotatable bonds is 6. The molecule has 0 bridgehead atoms. The van der Waals surface area contributed by atoms with Crippen molar-refractivity contribution in [3.8, 4) is 0 Å². The SMILES string of the molecule is CCCn1c(S[C@@H](C)C(=O)N[C@@H]2CCCc3ccccc32)nc2ccccc2c1=O. The van der Waals surface area contributed by atoms with Crippen molar-refractivity contribution >= 4 is 28.6 Å². The lowest BCUT2D eigenvalue weighted by Gasteiger charge is -2.27. The molecule has 1 aliphatic rings. The number of carbonyl (C=O) groups is 1. The minimum absolute atomic E-state index is 0.0211. The van der Waals surface area contributed by atoms with Gasteiger partial charge < -0.3 is 5.32 Å². The normalized spacial score (nSPS) is 16.8. The first-order chi connectivity index (χ1) is 14.6. The molecule has 6 heteroatoms. The Balaban J connectivity index is 1.56. The summed E-state index contributed by atoms with van der Waals surface area (Å²) in [6.45, 7) is 4.50. The Bertz CT molecular complexity index is 1120. The molecule has 0 radical (unpaired) electrons. The van der Waals surface area contributed by atoms with Crippen LogP contribution in [-0.4, -0.2) is 20.7 Å². The molecule has 4 rings (SSSR count). The maximum atomic E-state index is 13.0. The summed E-state index contributed by atoms with van der Waals surface area (Å²) < 4.78 is 1.70. The molecule has 156 valence electrons. The van der Waals surface area contributed by atoms with Gasteiger partial charge in [0, 0.05) is 6.54 Å². The summed E-state index contributed by atoms with van der Waals surface area (Å²) in [5.41, 5.74) is 3.17. The van der Waals surface area contributed by atoms with Gasteiger partial charge in [-0.3, -0.25) is 14.2 Å². The Labute approximate surface area is 180 Å². The molecule has 2 aromatic carbocycles. The van der Waals surface area contributed by atoms with Gasteiger partial charge in [0.25, 0.3) is 5.56 Å². The van der Waals surface area contributed by atoms with Crippen LogP contribution in [0.1, 0.15) is 50.3 Å². The lowest BCUT2D eigenvalue weighted by atomic mass is 9.88. The number of thioether (sulfide) groups is 1. The highest BCUT2D eigenvalue weighted by Crippen LogP contribution is 2.30. The Morgan fingerprint density at radius 3 is 2.83 bits per heavy atom. The summed E-state index contributed by atoms with van der Waals surface area (Å²) in [7, 11) is 0. The van der Waals surface area contributed by atoms with Gasteiger partial charge in [0.15, 0.2) is 5.16 Å². The Morgan fingerprint density at radius 1 is 1.23 bits per heavy atom. The van der Waals surface area contributed by atoms with Gasteiger partial charge in [0.05, 0.1) is 22.2 Å². The van der Waals surface area contributed by atoms with Crippen molar-refractivity contribution in [3.05, 3.63) is 70.0 Å². The average molecular weight is 422 g/mol. The number of fused-ring (bicyclic) bond motifs is 2. The highest BCUT2D eigenvalue weighted by Gasteiger charge is 2.25. The monoisotopic (exact) mass is 421 g/mol. The van der Waals surface area contributed by atoms with E-state index in [1.165, 1.54) is 22.9 Å². The number of nitrogens with zero attached hydrogens (tertiary/aromatic N) is 2. The van der Waals surface area contributed by atoms with E-state index in [-0.39, 0.29) is 22.8 Å². The molecule has 3 aromatic rings. The van der Waals surface area contributed by atoms with E-state index in [4.69, 9.17) is 4.98 Å². The van der Waals surface area contributed by atoms with E-state index in [1.807, 2.05) is 44.2 Å². The zero-order valence-corrected chi connectivity index (χ0v) is 18.2. The van der Waals surface area contributed by atoms with Crippen molar-refractivity contribution < 1.29 is 4.79 Å². The van der Waals surface area contributed by atoms with E-state index in [0.717, 1.165) is 25.7 Å². The van der Waals surface area contributed by atoms with Crippen LogP contribution in [0.4, 0.5) is 0 Å². The maximum absolute atomic E-state index is 13.0. The topological polar surface area (TPSA) is 64.0 Å². The molecule has 30 heavy (non-hydrogen) atoms. The fourth-order valence-electron chi connectivity index (χ4n) is 4.06. The smallest absolute Gasteiger partial charge is 0.262 e. The molecule has 0 fully saturated rings. The summed E-state index contributed by atoms with van der Waals surface area (Å²) >= 11 is 1.36. The van der Waals surface area contributed by atoms with E-state index < -0.39 is 0 Å². The van der Waals surface area contributed by atoms with Crippen LogP contribution in [0, 0.1) is 0 Å². The number of para-hydroxylation sites is 1. The van der Waals surface area contributed by atoms with Crippen LogP contribution in [0.2, 0.25) is 0 Å². The number of benzene rings is 2. The van der Waals surface area contributed by atoms with Crippen LogP contribution in [0.25, 0.3) is 10.9 Å². The molecule has 1 aliphatic carbocycles. The summed E-state index contributed by atoms with van der Waals surface area (Å²) in [4.78, 5) is 30.7. The summed E-state index contributed by atoms with van der Waals surface area (Å²) in [6.07, 6.45) is 3.92. The third-order valence-electron chi connectivity index (χ3n) is 5.61. The van der Waals surface area contributed by atoms with Gasteiger partial charge >= 0.3 is 0 Å². The number of hydrogen-bond donors (Lipinski definition) is 1. The van der Waals surface area contributed by atoms with Crippen LogP contribution in [0.15, 0.2) is 58.5 Å². The second-order valence-corrected chi connectivity index (χ2v) is 9.09. The standard InChI is InChI=1S/C24H27N3O2S/c1-3-15-27-23(29)19-12-6-7-13-21(19)26-24(27)30-16(2)22(28)25-20-14-8-10-17-9-4-5-11-18(17)20/h4-7,9,11-13,16,20H,3,8,10,14-15H2,1-2H3,(H,25,28)/t16-,20+/m0/s1. The molecule has 0 aliphatic heterocycles. The predicted octanol–water partition coefficient (Wildman–Crippen LogP) is 4.48. The van der Waals surface area contributed by atoms with Gasteiger partial charge in [-0.1, -0.05) is 55.1 Å². The summed E-state index contributed by atoms with van der Waals surface area (Å²) in [5, 5.41) is 4.09. The van der Waals surface area contributed by atoms with Crippen molar-refractivity contribution in [2.45, 2.75) is 62.5 Å². The number of hydrogen-bond acceptors (Lipinski definition) is 4. The number of nitrogens with one attached hydrogen (secondary N) is 1. The minimum atomic E-state index is -0.352. The molecule has 1 N–H and O–H groups in total. The van der Waals surface area contributed by atoms with Crippen LogP contribution < -0.4 is 10.9 Å². The molecule has 1 heterocycles. The lowest BCUT2D eigenvalue weighted by molar-refractivity contribution is -0.121. The average Bonchev–Trinajstić information content (AvgIpc) is 2.76. The number of amides is 1. The number of aromatic nitrogens is 2. The lowest BCUT2D eigenvalue weighted by Crippen LogP contribution is -2.36. The van der Waals surface area contributed by atoms with Gasteiger partial charge in [0.2, 0.25) is 5.91 Å². The Hall–Kier alpha value is -2.60. The van der Waals surface area contributed by atoms with Gasteiger partial charge in [-0.15, -0.1) is 0 Å². The molecule has 0 spiro atoms. The summed E-state index contributed by atoms with van der Waals surface area (Å²) in [6, 6.07) is 15.8. The van der Waals surface area contributed by atoms with Crippen molar-refractivity contribution in [3.63, 3.8) is 0 Å². The van der Waals surface area contributed by atoms with Gasteiger partial charge in [0.1, 0.15) is 0 Å². The quantitative estimate of drug-likeness (QED) is 0.471. The fraction of sp³-hybridized carbons (Fsp3) is 0.375. The fourth-order valence-corrected chi connectivity index (χ4v) is 5.01. The predicted molar refractivity (Wildman–Crippen MR) is 122 cm³/mol. The van der Waals surface area contributed by atoms with Crippen LogP contribution in [0.5, 0.6) is 0 Å². The zero-order valence-electron chi connectivity index (χ0n) is 17.4. The Kier molecular flexibility index (Phi) is 6.23. The molecule has 1 aromatic heterocycles. The van der Waals surface area contributed by atoms with E-state index in [0.29, 0.717) is 22.6 Å². The van der Waals surface area contributed by atoms with Gasteiger partial charge in [-0.05, 0) is 55.9 Å². The number of aryl methyl sites for hydroxylation is 1. The van der Waals surface area contributed by atoms with Crippen LogP contribution in [0.3, 0.4) is 0 Å². The first-order valence-electron chi connectivity index (χ1n) is 10.6. The molecule has 0 unspecified atom stereocenters. The third-order valence-corrected chi connectivity index (χ3v) is 6.70. The highest BCUT2D eigenvalue weighted by molar-refractivity contribution is 8.00. The van der Waals surface area contributed by atoms with Crippen LogP contribution in [-0.2, 0) is 17.8 Å². The largest absolute Gasteiger partial charge is 0.348 e. The first-order valence-corrected chi connectivity index (χ1v) is 11.5. The van der Waals surface area contributed by atoms with E-state index >= 15 is 0 Å². The molecule has 0 saturated carbocycles. The van der Waals surface area contributed by atoms with Crippen molar-refractivity contribution in [1.82, 2.24) is 14.9 Å². The van der Waals surface area contributed by atoms with E-state index in [9.17, 15) is 9.59 Å². The third kappa shape index (κ3) is 4.15. The highest BCUT2D eigenvalue weighted by atomic mass is 32.2. The molecule has 5 nitrogen and oxygen atoms in total.